The number of nitrogens with one attached hydrogen (secondary N) is 1. The lowest BCUT2D eigenvalue weighted by molar-refractivity contribution is -0.117. The summed E-state index contributed by atoms with van der Waals surface area (Å²) in [4.78, 5) is 19.8. The summed E-state index contributed by atoms with van der Waals surface area (Å²) >= 11 is 0. The maximum Gasteiger partial charge on any atom is 0.228 e. The van der Waals surface area contributed by atoms with E-state index in [9.17, 15) is 4.79 Å². The molecule has 3 rings (SSSR count). The number of anilines is 2. The van der Waals surface area contributed by atoms with Crippen LogP contribution < -0.4 is 15.8 Å². The fraction of sp³-hybridized carbons (Fsp3) is 0.312. The lowest BCUT2D eigenvalue weighted by atomic mass is 10.2. The van der Waals surface area contributed by atoms with E-state index in [4.69, 9.17) is 10.5 Å². The van der Waals surface area contributed by atoms with E-state index < -0.39 is 0 Å². The quantitative estimate of drug-likeness (QED) is 0.846. The standard InChI is InChI=1S/C15H16N4O2.CH4/c1-9-6-11(4-5-12(9)16)21-14-7-13(17-8-18-14)19-15(20)10-2-3-10;/h4-8,10H,2-3,16H2,1H3,(H,17,18,19,20);1H4. The number of nitrogens with zero attached hydrogens (tertiary/aromatic N) is 2. The summed E-state index contributed by atoms with van der Waals surface area (Å²) in [6.07, 6.45) is 3.26. The van der Waals surface area contributed by atoms with Crippen molar-refractivity contribution in [3.63, 3.8) is 0 Å². The molecule has 1 aliphatic rings. The van der Waals surface area contributed by atoms with Crippen molar-refractivity contribution >= 4 is 17.4 Å². The van der Waals surface area contributed by atoms with Crippen molar-refractivity contribution in [3.8, 4) is 11.6 Å². The summed E-state index contributed by atoms with van der Waals surface area (Å²) in [6, 6.07) is 6.99. The molecule has 1 fully saturated rings. The number of carbonyl (C=O) groups is 1. The van der Waals surface area contributed by atoms with Crippen LogP contribution in [-0.2, 0) is 4.79 Å². The van der Waals surface area contributed by atoms with Crippen LogP contribution in [0.5, 0.6) is 11.6 Å². The third kappa shape index (κ3) is 3.72. The molecule has 1 amide bonds. The van der Waals surface area contributed by atoms with E-state index in [0.717, 1.165) is 18.4 Å². The Morgan fingerprint density at radius 1 is 1.32 bits per heavy atom. The van der Waals surface area contributed by atoms with Gasteiger partial charge in [-0.3, -0.25) is 4.79 Å². The van der Waals surface area contributed by atoms with Crippen molar-refractivity contribution in [3.05, 3.63) is 36.2 Å². The number of aryl methyl sites for hydroxylation is 1. The first-order valence-corrected chi connectivity index (χ1v) is 6.79. The predicted molar refractivity (Wildman–Crippen MR) is 85.8 cm³/mol. The number of carbonyl (C=O) groups excluding carboxylic acids is 1. The number of benzene rings is 1. The van der Waals surface area contributed by atoms with Crippen LogP contribution in [-0.4, -0.2) is 15.9 Å². The van der Waals surface area contributed by atoms with Crippen molar-refractivity contribution < 1.29 is 9.53 Å². The zero-order valence-corrected chi connectivity index (χ0v) is 11.7. The highest BCUT2D eigenvalue weighted by atomic mass is 16.5. The van der Waals surface area contributed by atoms with Gasteiger partial charge in [0.25, 0.3) is 0 Å². The summed E-state index contributed by atoms with van der Waals surface area (Å²) in [5.41, 5.74) is 7.41. The van der Waals surface area contributed by atoms with Crippen LogP contribution in [0.1, 0.15) is 25.8 Å². The highest BCUT2D eigenvalue weighted by Crippen LogP contribution is 2.30. The fourth-order valence-electron chi connectivity index (χ4n) is 1.87. The van der Waals surface area contributed by atoms with E-state index in [1.807, 2.05) is 13.0 Å². The van der Waals surface area contributed by atoms with Gasteiger partial charge in [0.1, 0.15) is 17.9 Å². The first-order chi connectivity index (χ1) is 10.1. The molecule has 1 aliphatic carbocycles. The van der Waals surface area contributed by atoms with Crippen molar-refractivity contribution in [2.45, 2.75) is 27.2 Å². The van der Waals surface area contributed by atoms with E-state index in [1.54, 1.807) is 18.2 Å². The summed E-state index contributed by atoms with van der Waals surface area (Å²) < 4.78 is 5.65. The monoisotopic (exact) mass is 300 g/mol. The number of amides is 1. The Bertz CT molecular complexity index is 684. The largest absolute Gasteiger partial charge is 0.439 e. The van der Waals surface area contributed by atoms with Gasteiger partial charge in [-0.15, -0.1) is 0 Å². The van der Waals surface area contributed by atoms with Gasteiger partial charge in [0.15, 0.2) is 0 Å². The smallest absolute Gasteiger partial charge is 0.228 e. The normalized spacial score (nSPS) is 13.1. The highest BCUT2D eigenvalue weighted by Gasteiger charge is 2.29. The summed E-state index contributed by atoms with van der Waals surface area (Å²) in [6.45, 7) is 1.91. The van der Waals surface area contributed by atoms with Gasteiger partial charge in [-0.2, -0.15) is 0 Å². The Balaban J connectivity index is 0.00000176. The zero-order valence-electron chi connectivity index (χ0n) is 11.7. The van der Waals surface area contributed by atoms with Gasteiger partial charge in [-0.05, 0) is 43.5 Å². The minimum atomic E-state index is 0. The number of hydrogen-bond acceptors (Lipinski definition) is 5. The molecular weight excluding hydrogens is 280 g/mol. The molecule has 1 aromatic heterocycles. The number of nitrogen functional groups attached to an aromatic ring is 1. The third-order valence-electron chi connectivity index (χ3n) is 3.31. The van der Waals surface area contributed by atoms with Crippen LogP contribution in [0.15, 0.2) is 30.6 Å². The van der Waals surface area contributed by atoms with Crippen LogP contribution in [0.3, 0.4) is 0 Å². The molecular formula is C16H20N4O2. The summed E-state index contributed by atoms with van der Waals surface area (Å²) in [7, 11) is 0. The molecule has 6 heteroatoms. The molecule has 1 aromatic carbocycles. The van der Waals surface area contributed by atoms with Gasteiger partial charge in [-0.1, -0.05) is 7.43 Å². The molecule has 0 radical (unpaired) electrons. The van der Waals surface area contributed by atoms with Gasteiger partial charge in [0.05, 0.1) is 0 Å². The second kappa shape index (κ2) is 6.43. The maximum absolute atomic E-state index is 11.7. The van der Waals surface area contributed by atoms with Crippen LogP contribution in [0.25, 0.3) is 0 Å². The second-order valence-electron chi connectivity index (χ2n) is 5.13. The first-order valence-electron chi connectivity index (χ1n) is 6.79. The van der Waals surface area contributed by atoms with E-state index >= 15 is 0 Å². The van der Waals surface area contributed by atoms with Crippen molar-refractivity contribution in [2.75, 3.05) is 11.1 Å². The number of aromatic nitrogens is 2. The number of ether oxygens (including phenoxy) is 1. The number of nitrogens with two attached hydrogens (primary N) is 1. The van der Waals surface area contributed by atoms with E-state index in [-0.39, 0.29) is 19.3 Å². The SMILES string of the molecule is C.Cc1cc(Oc2cc(NC(=O)C3CC3)ncn2)ccc1N. The molecule has 0 saturated heterocycles. The molecule has 0 atom stereocenters. The minimum absolute atomic E-state index is 0. The zero-order chi connectivity index (χ0) is 14.8. The van der Waals surface area contributed by atoms with E-state index in [1.165, 1.54) is 6.33 Å². The minimum Gasteiger partial charge on any atom is -0.439 e. The maximum atomic E-state index is 11.7. The van der Waals surface area contributed by atoms with Gasteiger partial charge >= 0.3 is 0 Å². The molecule has 22 heavy (non-hydrogen) atoms. The molecule has 0 spiro atoms. The Hall–Kier alpha value is -2.63. The Morgan fingerprint density at radius 3 is 2.77 bits per heavy atom. The molecule has 1 heterocycles. The average Bonchev–Trinajstić information content (AvgIpc) is 3.28. The predicted octanol–water partition coefficient (Wildman–Crippen LogP) is 3.14. The topological polar surface area (TPSA) is 90.1 Å². The summed E-state index contributed by atoms with van der Waals surface area (Å²) in [5, 5.41) is 2.76. The number of hydrogen-bond donors (Lipinski definition) is 2. The molecule has 0 aliphatic heterocycles. The van der Waals surface area contributed by atoms with Crippen molar-refractivity contribution in [1.82, 2.24) is 9.97 Å². The molecule has 116 valence electrons. The Morgan fingerprint density at radius 2 is 2.09 bits per heavy atom. The third-order valence-corrected chi connectivity index (χ3v) is 3.31. The van der Waals surface area contributed by atoms with Gasteiger partial charge in [0, 0.05) is 17.7 Å². The first kappa shape index (κ1) is 15.8. The van der Waals surface area contributed by atoms with Crippen LogP contribution in [0.4, 0.5) is 11.5 Å². The Kier molecular flexibility index (Phi) is 4.60. The highest BCUT2D eigenvalue weighted by molar-refractivity contribution is 5.93. The Labute approximate surface area is 129 Å². The molecule has 2 aromatic rings. The van der Waals surface area contributed by atoms with Crippen LogP contribution >= 0.6 is 0 Å². The summed E-state index contributed by atoms with van der Waals surface area (Å²) in [5.74, 6) is 1.59. The van der Waals surface area contributed by atoms with Crippen molar-refractivity contribution in [1.29, 1.82) is 0 Å². The van der Waals surface area contributed by atoms with E-state index in [0.29, 0.717) is 23.1 Å². The lowest BCUT2D eigenvalue weighted by Gasteiger charge is -2.08. The molecule has 0 bridgehead atoms. The van der Waals surface area contributed by atoms with Crippen molar-refractivity contribution in [2.24, 2.45) is 5.92 Å². The van der Waals surface area contributed by atoms with Gasteiger partial charge in [0.2, 0.25) is 11.8 Å². The molecule has 1 saturated carbocycles. The number of rotatable bonds is 4. The molecule has 6 nitrogen and oxygen atoms in total. The lowest BCUT2D eigenvalue weighted by Crippen LogP contribution is -2.14. The van der Waals surface area contributed by atoms with Gasteiger partial charge < -0.3 is 15.8 Å². The average molecular weight is 300 g/mol. The van der Waals surface area contributed by atoms with Crippen LogP contribution in [0, 0.1) is 12.8 Å². The second-order valence-corrected chi connectivity index (χ2v) is 5.13. The molecule has 3 N–H and O–H groups in total. The molecule has 0 unspecified atom stereocenters. The fourth-order valence-corrected chi connectivity index (χ4v) is 1.87. The van der Waals surface area contributed by atoms with Crippen LogP contribution in [0.2, 0.25) is 0 Å². The van der Waals surface area contributed by atoms with Gasteiger partial charge in [-0.25, -0.2) is 9.97 Å². The van der Waals surface area contributed by atoms with E-state index in [2.05, 4.69) is 15.3 Å².